The highest BCUT2D eigenvalue weighted by molar-refractivity contribution is 7.99. The van der Waals surface area contributed by atoms with Gasteiger partial charge in [-0.1, -0.05) is 42.2 Å². The Hall–Kier alpha value is -2.46. The summed E-state index contributed by atoms with van der Waals surface area (Å²) in [5.74, 6) is 1.58. The number of anilines is 1. The third-order valence-electron chi connectivity index (χ3n) is 4.01. The number of amides is 1. The van der Waals surface area contributed by atoms with Gasteiger partial charge < -0.3 is 9.30 Å². The number of ether oxygens (including phenoxy) is 1. The van der Waals surface area contributed by atoms with Crippen molar-refractivity contribution in [3.63, 3.8) is 0 Å². The Balaban J connectivity index is 1.62. The number of thioether (sulfide) groups is 1. The van der Waals surface area contributed by atoms with Crippen molar-refractivity contribution in [1.29, 1.82) is 0 Å². The van der Waals surface area contributed by atoms with E-state index in [1.54, 1.807) is 5.51 Å². The summed E-state index contributed by atoms with van der Waals surface area (Å²) in [6.07, 6.45) is 0.734. The van der Waals surface area contributed by atoms with E-state index in [9.17, 15) is 4.79 Å². The highest BCUT2D eigenvalue weighted by Crippen LogP contribution is 2.25. The number of hydrogen-bond acceptors (Lipinski definition) is 8. The first-order valence-electron chi connectivity index (χ1n) is 8.98. The Labute approximate surface area is 171 Å². The number of rotatable bonds is 9. The molecule has 3 rings (SSSR count). The van der Waals surface area contributed by atoms with E-state index in [4.69, 9.17) is 4.74 Å². The van der Waals surface area contributed by atoms with Crippen molar-refractivity contribution in [2.24, 2.45) is 0 Å². The van der Waals surface area contributed by atoms with E-state index in [0.29, 0.717) is 16.8 Å². The van der Waals surface area contributed by atoms with Crippen molar-refractivity contribution in [3.05, 3.63) is 41.2 Å². The second kappa shape index (κ2) is 9.65. The molecule has 0 radical (unpaired) electrons. The fourth-order valence-electron chi connectivity index (χ4n) is 2.58. The lowest BCUT2D eigenvalue weighted by Gasteiger charge is -2.15. The van der Waals surface area contributed by atoms with E-state index in [1.807, 2.05) is 30.5 Å². The van der Waals surface area contributed by atoms with Crippen LogP contribution < -0.4 is 10.1 Å². The Morgan fingerprint density at radius 3 is 2.68 bits per heavy atom. The molecule has 1 N–H and O–H groups in total. The first-order chi connectivity index (χ1) is 13.6. The number of aryl methyl sites for hydroxylation is 1. The van der Waals surface area contributed by atoms with Crippen LogP contribution in [0.2, 0.25) is 0 Å². The molecule has 0 bridgehead atoms. The Morgan fingerprint density at radius 2 is 2.04 bits per heavy atom. The van der Waals surface area contributed by atoms with Gasteiger partial charge in [-0.2, -0.15) is 0 Å². The van der Waals surface area contributed by atoms with Crippen LogP contribution in [0.15, 0.2) is 34.9 Å². The van der Waals surface area contributed by atoms with E-state index in [-0.39, 0.29) is 17.8 Å². The molecule has 0 spiro atoms. The average Bonchev–Trinajstić information content (AvgIpc) is 3.36. The highest BCUT2D eigenvalue weighted by atomic mass is 32.2. The summed E-state index contributed by atoms with van der Waals surface area (Å²) in [7, 11) is 0. The Morgan fingerprint density at radius 1 is 1.25 bits per heavy atom. The summed E-state index contributed by atoms with van der Waals surface area (Å²) in [4.78, 5) is 12.0. The van der Waals surface area contributed by atoms with Gasteiger partial charge in [0, 0.05) is 6.54 Å². The minimum absolute atomic E-state index is 0.158. The van der Waals surface area contributed by atoms with Crippen LogP contribution in [0.5, 0.6) is 5.75 Å². The van der Waals surface area contributed by atoms with Crippen LogP contribution in [-0.4, -0.2) is 36.6 Å². The number of nitrogens with one attached hydrogen (secondary N) is 1. The molecule has 0 aliphatic carbocycles. The third kappa shape index (κ3) is 5.08. The van der Waals surface area contributed by atoms with Crippen LogP contribution in [0.25, 0.3) is 0 Å². The maximum absolute atomic E-state index is 12.0. The highest BCUT2D eigenvalue weighted by Gasteiger charge is 2.19. The average molecular weight is 419 g/mol. The summed E-state index contributed by atoms with van der Waals surface area (Å²) in [6, 6.07) is 8.06. The van der Waals surface area contributed by atoms with E-state index in [0.717, 1.165) is 18.0 Å². The normalized spacial score (nSPS) is 12.0. The molecule has 3 aromatic rings. The van der Waals surface area contributed by atoms with Crippen molar-refractivity contribution in [1.82, 2.24) is 25.0 Å². The number of aromatic nitrogens is 5. The maximum atomic E-state index is 12.0. The Kier molecular flexibility index (Phi) is 6.99. The lowest BCUT2D eigenvalue weighted by Crippen LogP contribution is -2.15. The molecule has 0 fully saturated rings. The smallest absolute Gasteiger partial charge is 0.236 e. The topological polar surface area (TPSA) is 94.8 Å². The van der Waals surface area contributed by atoms with Gasteiger partial charge in [0.1, 0.15) is 11.3 Å². The summed E-state index contributed by atoms with van der Waals surface area (Å²) in [5, 5.41) is 19.9. The molecule has 2 heterocycles. The predicted octanol–water partition coefficient (Wildman–Crippen LogP) is 3.58. The fraction of sp³-hybridized carbons (Fsp3) is 0.389. The van der Waals surface area contributed by atoms with Gasteiger partial charge in [-0.3, -0.25) is 10.1 Å². The number of benzene rings is 1. The molecule has 1 aromatic carbocycles. The van der Waals surface area contributed by atoms with Gasteiger partial charge in [-0.05, 0) is 38.0 Å². The lowest BCUT2D eigenvalue weighted by atomic mass is 10.2. The molecule has 0 aliphatic heterocycles. The second-order valence-electron chi connectivity index (χ2n) is 5.92. The van der Waals surface area contributed by atoms with Gasteiger partial charge in [0.25, 0.3) is 0 Å². The van der Waals surface area contributed by atoms with Crippen molar-refractivity contribution >= 4 is 34.1 Å². The quantitative estimate of drug-likeness (QED) is 0.531. The summed E-state index contributed by atoms with van der Waals surface area (Å²) in [5.41, 5.74) is 2.84. The van der Waals surface area contributed by atoms with E-state index in [1.165, 1.54) is 28.7 Å². The summed E-state index contributed by atoms with van der Waals surface area (Å²) in [6.45, 7) is 6.77. The van der Waals surface area contributed by atoms with Crippen molar-refractivity contribution < 1.29 is 9.53 Å². The number of nitrogens with zero attached hydrogens (tertiary/aromatic N) is 5. The number of carbonyl (C=O) groups excluding carboxylic acids is 1. The summed E-state index contributed by atoms with van der Waals surface area (Å²) < 4.78 is 7.99. The SMILES string of the molecule is CCc1ccc(OC(C)c2nnc(SCC(=O)Nc3nncs3)n2CC)cc1. The third-order valence-corrected chi connectivity index (χ3v) is 5.58. The molecule has 10 heteroatoms. The van der Waals surface area contributed by atoms with E-state index in [2.05, 4.69) is 44.8 Å². The van der Waals surface area contributed by atoms with Gasteiger partial charge in [0.05, 0.1) is 5.75 Å². The first kappa shape index (κ1) is 20.3. The van der Waals surface area contributed by atoms with E-state index < -0.39 is 0 Å². The minimum atomic E-state index is -0.260. The fourth-order valence-corrected chi connectivity index (χ4v) is 3.85. The molecule has 0 saturated heterocycles. The number of hydrogen-bond donors (Lipinski definition) is 1. The predicted molar refractivity (Wildman–Crippen MR) is 110 cm³/mol. The molecule has 1 atom stereocenters. The van der Waals surface area contributed by atoms with Crippen LogP contribution in [0.3, 0.4) is 0 Å². The lowest BCUT2D eigenvalue weighted by molar-refractivity contribution is -0.113. The standard InChI is InChI=1S/C18H22N6O2S2/c1-4-13-6-8-14(9-7-13)26-12(3)16-21-23-18(24(16)5-2)27-10-15(25)20-17-22-19-11-28-17/h6-9,11-12H,4-5,10H2,1-3H3,(H,20,22,25). The molecule has 28 heavy (non-hydrogen) atoms. The van der Waals surface area contributed by atoms with Crippen LogP contribution in [0.1, 0.15) is 38.3 Å². The zero-order valence-corrected chi connectivity index (χ0v) is 17.6. The van der Waals surface area contributed by atoms with Gasteiger partial charge >= 0.3 is 0 Å². The van der Waals surface area contributed by atoms with Gasteiger partial charge in [0.2, 0.25) is 11.0 Å². The van der Waals surface area contributed by atoms with Gasteiger partial charge in [0.15, 0.2) is 17.1 Å². The monoisotopic (exact) mass is 418 g/mol. The molecule has 0 aliphatic rings. The number of carbonyl (C=O) groups is 1. The van der Waals surface area contributed by atoms with Crippen LogP contribution >= 0.6 is 23.1 Å². The zero-order chi connectivity index (χ0) is 19.9. The second-order valence-corrected chi connectivity index (χ2v) is 7.70. The largest absolute Gasteiger partial charge is 0.483 e. The first-order valence-corrected chi connectivity index (χ1v) is 10.8. The zero-order valence-electron chi connectivity index (χ0n) is 16.0. The molecular formula is C18H22N6O2S2. The van der Waals surface area contributed by atoms with Crippen LogP contribution in [0, 0.1) is 0 Å². The van der Waals surface area contributed by atoms with Gasteiger partial charge in [-0.25, -0.2) is 0 Å². The molecule has 1 amide bonds. The van der Waals surface area contributed by atoms with Gasteiger partial charge in [-0.15, -0.1) is 20.4 Å². The molecule has 1 unspecified atom stereocenters. The van der Waals surface area contributed by atoms with E-state index >= 15 is 0 Å². The molecular weight excluding hydrogens is 396 g/mol. The van der Waals surface area contributed by atoms with Crippen LogP contribution in [-0.2, 0) is 17.8 Å². The minimum Gasteiger partial charge on any atom is -0.483 e. The Bertz CT molecular complexity index is 895. The molecule has 148 valence electrons. The van der Waals surface area contributed by atoms with Crippen molar-refractivity contribution in [3.8, 4) is 5.75 Å². The maximum Gasteiger partial charge on any atom is 0.236 e. The molecule has 0 saturated carbocycles. The molecule has 8 nitrogen and oxygen atoms in total. The van der Waals surface area contributed by atoms with Crippen molar-refractivity contribution in [2.45, 2.75) is 45.0 Å². The van der Waals surface area contributed by atoms with Crippen LogP contribution in [0.4, 0.5) is 5.13 Å². The summed E-state index contributed by atoms with van der Waals surface area (Å²) >= 11 is 2.61. The van der Waals surface area contributed by atoms with Crippen molar-refractivity contribution in [2.75, 3.05) is 11.1 Å². The molecule has 2 aromatic heterocycles.